The van der Waals surface area contributed by atoms with E-state index in [9.17, 15) is 4.79 Å². The summed E-state index contributed by atoms with van der Waals surface area (Å²) in [6.45, 7) is 1.81. The summed E-state index contributed by atoms with van der Waals surface area (Å²) in [5.74, 6) is 2.51. The maximum absolute atomic E-state index is 13.3. The van der Waals surface area contributed by atoms with Gasteiger partial charge in [0.15, 0.2) is 5.82 Å². The number of rotatable bonds is 3. The van der Waals surface area contributed by atoms with E-state index in [1.807, 2.05) is 6.92 Å². The first kappa shape index (κ1) is 18.0. The van der Waals surface area contributed by atoms with E-state index in [1.54, 1.807) is 0 Å². The lowest BCUT2D eigenvalue weighted by atomic mass is 9.65. The molecule has 3 aliphatic rings. The van der Waals surface area contributed by atoms with Crippen molar-refractivity contribution in [2.45, 2.75) is 89.1 Å². The van der Waals surface area contributed by atoms with Gasteiger partial charge in [-0.05, 0) is 50.4 Å². The van der Waals surface area contributed by atoms with Crippen molar-refractivity contribution in [2.75, 3.05) is 0 Å². The fourth-order valence-electron chi connectivity index (χ4n) is 5.57. The Bertz CT molecular complexity index is 622. The molecule has 3 N–H and O–H groups in total. The average Bonchev–Trinajstić information content (AvgIpc) is 2.90. The number of aryl methyl sites for hydroxylation is 1. The highest BCUT2D eigenvalue weighted by molar-refractivity contribution is 5.79. The molecule has 6 nitrogen and oxygen atoms in total. The summed E-state index contributed by atoms with van der Waals surface area (Å²) in [6.07, 6.45) is 11.9. The van der Waals surface area contributed by atoms with Crippen LogP contribution < -0.4 is 11.1 Å². The van der Waals surface area contributed by atoms with Crippen LogP contribution in [0.15, 0.2) is 4.52 Å². The lowest BCUT2D eigenvalue weighted by molar-refractivity contribution is -0.130. The minimum atomic E-state index is -0.458. The van der Waals surface area contributed by atoms with E-state index in [2.05, 4.69) is 15.5 Å². The van der Waals surface area contributed by atoms with Crippen LogP contribution in [0, 0.1) is 24.7 Å². The van der Waals surface area contributed by atoms with E-state index in [-0.39, 0.29) is 11.8 Å². The third-order valence-corrected chi connectivity index (χ3v) is 7.06. The smallest absolute Gasteiger partial charge is 0.223 e. The number of carbonyl (C=O) groups is 1. The van der Waals surface area contributed by atoms with Crippen molar-refractivity contribution in [1.29, 1.82) is 0 Å². The van der Waals surface area contributed by atoms with Crippen molar-refractivity contribution >= 4 is 5.91 Å². The van der Waals surface area contributed by atoms with Gasteiger partial charge in [-0.15, -0.1) is 0 Å². The standard InChI is InChI=1S/C20H32N4O2/c1-13-22-19(24-26-13)20(9-4-2-3-5-10-20)23-18(25)16-11-14-7-6-8-15(12-16)17(14)21/h14-17H,2-12,21H2,1H3,(H,23,25). The number of hydrogen-bond acceptors (Lipinski definition) is 5. The Kier molecular flexibility index (Phi) is 5.04. The summed E-state index contributed by atoms with van der Waals surface area (Å²) < 4.78 is 5.26. The molecule has 26 heavy (non-hydrogen) atoms. The number of carbonyl (C=O) groups excluding carboxylic acids is 1. The molecular weight excluding hydrogens is 328 g/mol. The van der Waals surface area contributed by atoms with Gasteiger partial charge in [0.05, 0.1) is 0 Å². The Morgan fingerprint density at radius 3 is 2.35 bits per heavy atom. The molecule has 2 bridgehead atoms. The summed E-state index contributed by atoms with van der Waals surface area (Å²) in [7, 11) is 0. The molecule has 2 atom stereocenters. The van der Waals surface area contributed by atoms with Gasteiger partial charge in [0, 0.05) is 18.9 Å². The number of nitrogens with one attached hydrogen (secondary N) is 1. The Hall–Kier alpha value is -1.43. The van der Waals surface area contributed by atoms with Crippen LogP contribution in [-0.4, -0.2) is 22.1 Å². The molecule has 0 saturated heterocycles. The van der Waals surface area contributed by atoms with Crippen LogP contribution >= 0.6 is 0 Å². The molecule has 1 amide bonds. The van der Waals surface area contributed by atoms with Crippen LogP contribution in [-0.2, 0) is 10.3 Å². The molecule has 3 saturated carbocycles. The third-order valence-electron chi connectivity index (χ3n) is 7.06. The maximum atomic E-state index is 13.3. The Balaban J connectivity index is 1.53. The van der Waals surface area contributed by atoms with E-state index in [0.29, 0.717) is 29.6 Å². The average molecular weight is 361 g/mol. The summed E-state index contributed by atoms with van der Waals surface area (Å²) >= 11 is 0. The summed E-state index contributed by atoms with van der Waals surface area (Å²) in [4.78, 5) is 17.8. The van der Waals surface area contributed by atoms with E-state index >= 15 is 0 Å². The molecule has 1 heterocycles. The quantitative estimate of drug-likeness (QED) is 0.807. The van der Waals surface area contributed by atoms with Gasteiger partial charge in [-0.3, -0.25) is 4.79 Å². The molecule has 0 aromatic carbocycles. The zero-order chi connectivity index (χ0) is 18.1. The molecule has 3 fully saturated rings. The summed E-state index contributed by atoms with van der Waals surface area (Å²) in [6, 6.07) is 0.291. The first-order chi connectivity index (χ1) is 12.6. The topological polar surface area (TPSA) is 94.0 Å². The molecular formula is C20H32N4O2. The zero-order valence-corrected chi connectivity index (χ0v) is 15.9. The molecule has 144 valence electrons. The largest absolute Gasteiger partial charge is 0.343 e. The predicted molar refractivity (Wildman–Crippen MR) is 98.1 cm³/mol. The Morgan fingerprint density at radius 1 is 1.12 bits per heavy atom. The number of nitrogens with two attached hydrogens (primary N) is 1. The van der Waals surface area contributed by atoms with Gasteiger partial charge in [-0.2, -0.15) is 4.98 Å². The van der Waals surface area contributed by atoms with E-state index < -0.39 is 5.54 Å². The van der Waals surface area contributed by atoms with E-state index in [4.69, 9.17) is 10.3 Å². The monoisotopic (exact) mass is 360 g/mol. The number of nitrogens with zero attached hydrogens (tertiary/aromatic N) is 2. The van der Waals surface area contributed by atoms with Crippen molar-refractivity contribution < 1.29 is 9.32 Å². The van der Waals surface area contributed by atoms with Crippen molar-refractivity contribution in [3.63, 3.8) is 0 Å². The fourth-order valence-corrected chi connectivity index (χ4v) is 5.57. The van der Waals surface area contributed by atoms with Crippen LogP contribution in [0.1, 0.15) is 82.3 Å². The van der Waals surface area contributed by atoms with Crippen molar-refractivity contribution in [3.8, 4) is 0 Å². The van der Waals surface area contributed by atoms with Gasteiger partial charge < -0.3 is 15.6 Å². The molecule has 0 aliphatic heterocycles. The van der Waals surface area contributed by atoms with Crippen LogP contribution in [0.3, 0.4) is 0 Å². The molecule has 2 unspecified atom stereocenters. The van der Waals surface area contributed by atoms with Crippen molar-refractivity contribution in [2.24, 2.45) is 23.5 Å². The predicted octanol–water partition coefficient (Wildman–Crippen LogP) is 3.20. The second-order valence-corrected chi connectivity index (χ2v) is 8.82. The van der Waals surface area contributed by atoms with Gasteiger partial charge in [-0.1, -0.05) is 37.3 Å². The van der Waals surface area contributed by atoms with Gasteiger partial charge in [-0.25, -0.2) is 0 Å². The number of fused-ring (bicyclic) bond motifs is 2. The van der Waals surface area contributed by atoms with Crippen molar-refractivity contribution in [3.05, 3.63) is 11.7 Å². The number of aromatic nitrogens is 2. The second-order valence-electron chi connectivity index (χ2n) is 8.82. The second kappa shape index (κ2) is 7.29. The number of amides is 1. The highest BCUT2D eigenvalue weighted by Crippen LogP contribution is 2.43. The molecule has 4 rings (SSSR count). The molecule has 3 aliphatic carbocycles. The van der Waals surface area contributed by atoms with Gasteiger partial charge in [0.1, 0.15) is 5.54 Å². The fraction of sp³-hybridized carbons (Fsp3) is 0.850. The molecule has 1 aromatic rings. The summed E-state index contributed by atoms with van der Waals surface area (Å²) in [5, 5.41) is 7.61. The molecule has 6 heteroatoms. The lowest BCUT2D eigenvalue weighted by Gasteiger charge is -2.44. The third kappa shape index (κ3) is 3.40. The normalized spacial score (nSPS) is 34.1. The van der Waals surface area contributed by atoms with Crippen molar-refractivity contribution in [1.82, 2.24) is 15.5 Å². The van der Waals surface area contributed by atoms with Gasteiger partial charge in [0.25, 0.3) is 0 Å². The zero-order valence-electron chi connectivity index (χ0n) is 15.9. The van der Waals surface area contributed by atoms with Crippen LogP contribution in [0.25, 0.3) is 0 Å². The summed E-state index contributed by atoms with van der Waals surface area (Å²) in [5.41, 5.74) is 5.95. The number of hydrogen-bond donors (Lipinski definition) is 2. The minimum Gasteiger partial charge on any atom is -0.343 e. The highest BCUT2D eigenvalue weighted by Gasteiger charge is 2.44. The maximum Gasteiger partial charge on any atom is 0.223 e. The molecule has 1 aromatic heterocycles. The first-order valence-electron chi connectivity index (χ1n) is 10.5. The van der Waals surface area contributed by atoms with E-state index in [1.165, 1.54) is 32.1 Å². The van der Waals surface area contributed by atoms with Crippen LogP contribution in [0.4, 0.5) is 0 Å². The van der Waals surface area contributed by atoms with Gasteiger partial charge >= 0.3 is 0 Å². The first-order valence-corrected chi connectivity index (χ1v) is 10.5. The molecule has 0 spiro atoms. The SMILES string of the molecule is Cc1nc(C2(NC(=O)C3CC4CCCC(C3)C4N)CCCCCC2)no1. The van der Waals surface area contributed by atoms with Gasteiger partial charge in [0.2, 0.25) is 11.8 Å². The van der Waals surface area contributed by atoms with E-state index in [0.717, 1.165) is 38.5 Å². The Labute approximate surface area is 155 Å². The molecule has 0 radical (unpaired) electrons. The highest BCUT2D eigenvalue weighted by atomic mass is 16.5. The van der Waals surface area contributed by atoms with Crippen LogP contribution in [0.5, 0.6) is 0 Å². The minimum absolute atomic E-state index is 0.0817. The lowest BCUT2D eigenvalue weighted by Crippen LogP contribution is -2.53. The Morgan fingerprint density at radius 2 is 1.77 bits per heavy atom. The van der Waals surface area contributed by atoms with Crippen LogP contribution in [0.2, 0.25) is 0 Å².